The summed E-state index contributed by atoms with van der Waals surface area (Å²) in [6.45, 7) is 0. The Balaban J connectivity index is 1.90. The van der Waals surface area contributed by atoms with E-state index in [1.54, 1.807) is 0 Å². The van der Waals surface area contributed by atoms with E-state index in [0.29, 0.717) is 11.8 Å². The summed E-state index contributed by atoms with van der Waals surface area (Å²) in [5.41, 5.74) is 2.35. The van der Waals surface area contributed by atoms with Crippen LogP contribution in [0.25, 0.3) is 0 Å². The van der Waals surface area contributed by atoms with Crippen LogP contribution in [0.2, 0.25) is 0 Å². The van der Waals surface area contributed by atoms with Crippen LogP contribution in [0.15, 0.2) is 36.5 Å². The molecule has 0 saturated heterocycles. The van der Waals surface area contributed by atoms with Gasteiger partial charge in [-0.15, -0.1) is 11.6 Å². The molecule has 1 aromatic carbocycles. The van der Waals surface area contributed by atoms with Crippen LogP contribution >= 0.6 is 11.6 Å². The van der Waals surface area contributed by atoms with Gasteiger partial charge in [-0.1, -0.05) is 12.1 Å². The molecule has 1 heterocycles. The van der Waals surface area contributed by atoms with Gasteiger partial charge in [0, 0.05) is 24.8 Å². The van der Waals surface area contributed by atoms with Gasteiger partial charge in [-0.25, -0.2) is 4.39 Å². The molecule has 0 spiro atoms. The molecule has 2 nitrogen and oxygen atoms in total. The van der Waals surface area contributed by atoms with Crippen molar-refractivity contribution in [2.45, 2.75) is 19.3 Å². The molecule has 102 valence electrons. The molecule has 0 N–H and O–H groups in total. The fraction of sp³-hybridized carbons (Fsp3) is 0.400. The van der Waals surface area contributed by atoms with Gasteiger partial charge in [-0.2, -0.15) is 5.10 Å². The van der Waals surface area contributed by atoms with Gasteiger partial charge in [-0.3, -0.25) is 4.68 Å². The van der Waals surface area contributed by atoms with Crippen LogP contribution in [0.4, 0.5) is 4.39 Å². The van der Waals surface area contributed by atoms with Gasteiger partial charge < -0.3 is 0 Å². The average molecular weight is 281 g/mol. The average Bonchev–Trinajstić information content (AvgIpc) is 2.82. The second-order valence-corrected chi connectivity index (χ2v) is 5.14. The largest absolute Gasteiger partial charge is 0.273 e. The van der Waals surface area contributed by atoms with Crippen molar-refractivity contribution in [2.75, 3.05) is 5.88 Å². The molecule has 0 aliphatic heterocycles. The van der Waals surface area contributed by atoms with E-state index in [0.717, 1.165) is 24.8 Å². The SMILES string of the molecule is Cn1nccc1CCC(CCl)Cc1ccc(F)cc1. The standard InChI is InChI=1S/C15H18ClFN2/c1-19-15(8-9-18-19)7-4-13(11-16)10-12-2-5-14(17)6-3-12/h2-3,5-6,8-9,13H,4,7,10-11H2,1H3. The minimum atomic E-state index is -0.193. The van der Waals surface area contributed by atoms with Crippen LogP contribution in [-0.2, 0) is 19.9 Å². The highest BCUT2D eigenvalue weighted by Crippen LogP contribution is 2.17. The Hall–Kier alpha value is -1.35. The smallest absolute Gasteiger partial charge is 0.123 e. The van der Waals surface area contributed by atoms with Crippen molar-refractivity contribution < 1.29 is 4.39 Å². The number of rotatable bonds is 6. The quantitative estimate of drug-likeness (QED) is 0.740. The van der Waals surface area contributed by atoms with Gasteiger partial charge in [0.2, 0.25) is 0 Å². The highest BCUT2D eigenvalue weighted by atomic mass is 35.5. The first-order chi connectivity index (χ1) is 9.19. The summed E-state index contributed by atoms with van der Waals surface area (Å²) in [4.78, 5) is 0. The van der Waals surface area contributed by atoms with Crippen LogP contribution in [-0.4, -0.2) is 15.7 Å². The van der Waals surface area contributed by atoms with Crippen LogP contribution < -0.4 is 0 Å². The van der Waals surface area contributed by atoms with Gasteiger partial charge in [0.25, 0.3) is 0 Å². The molecule has 19 heavy (non-hydrogen) atoms. The maximum Gasteiger partial charge on any atom is 0.123 e. The highest BCUT2D eigenvalue weighted by molar-refractivity contribution is 6.18. The minimum Gasteiger partial charge on any atom is -0.273 e. The van der Waals surface area contributed by atoms with Gasteiger partial charge >= 0.3 is 0 Å². The maximum atomic E-state index is 12.8. The summed E-state index contributed by atoms with van der Waals surface area (Å²) >= 11 is 6.03. The molecule has 0 amide bonds. The monoisotopic (exact) mass is 280 g/mol. The van der Waals surface area contributed by atoms with Crippen LogP contribution in [0.1, 0.15) is 17.7 Å². The summed E-state index contributed by atoms with van der Waals surface area (Å²) in [5.74, 6) is 0.831. The van der Waals surface area contributed by atoms with E-state index >= 15 is 0 Å². The second kappa shape index (κ2) is 6.71. The Morgan fingerprint density at radius 2 is 2.00 bits per heavy atom. The van der Waals surface area contributed by atoms with Crippen molar-refractivity contribution in [3.63, 3.8) is 0 Å². The number of aromatic nitrogens is 2. The third-order valence-corrected chi connectivity index (χ3v) is 3.82. The van der Waals surface area contributed by atoms with E-state index in [-0.39, 0.29) is 5.82 Å². The summed E-state index contributed by atoms with van der Waals surface area (Å²) in [7, 11) is 1.95. The van der Waals surface area contributed by atoms with E-state index in [2.05, 4.69) is 5.10 Å². The van der Waals surface area contributed by atoms with Crippen molar-refractivity contribution in [2.24, 2.45) is 13.0 Å². The van der Waals surface area contributed by atoms with Crippen LogP contribution in [0.5, 0.6) is 0 Å². The minimum absolute atomic E-state index is 0.193. The molecule has 2 rings (SSSR count). The summed E-state index contributed by atoms with van der Waals surface area (Å²) < 4.78 is 14.7. The third kappa shape index (κ3) is 4.06. The Morgan fingerprint density at radius 1 is 1.26 bits per heavy atom. The number of nitrogens with zero attached hydrogens (tertiary/aromatic N) is 2. The van der Waals surface area contributed by atoms with E-state index < -0.39 is 0 Å². The molecule has 0 saturated carbocycles. The molecule has 0 aliphatic carbocycles. The van der Waals surface area contributed by atoms with E-state index in [9.17, 15) is 4.39 Å². The number of aryl methyl sites for hydroxylation is 2. The number of alkyl halides is 1. The maximum absolute atomic E-state index is 12.8. The first-order valence-electron chi connectivity index (χ1n) is 6.46. The number of hydrogen-bond donors (Lipinski definition) is 0. The number of halogens is 2. The first kappa shape index (κ1) is 14.1. The Morgan fingerprint density at radius 3 is 2.58 bits per heavy atom. The van der Waals surface area contributed by atoms with Crippen molar-refractivity contribution >= 4 is 11.6 Å². The lowest BCUT2D eigenvalue weighted by Crippen LogP contribution is -2.09. The summed E-state index contributed by atoms with van der Waals surface area (Å²) in [5, 5.41) is 4.16. The molecule has 0 aliphatic rings. The molecule has 0 bridgehead atoms. The van der Waals surface area contributed by atoms with Gasteiger partial charge in [0.1, 0.15) is 5.82 Å². The molecule has 4 heteroatoms. The molecular formula is C15H18ClFN2. The van der Waals surface area contributed by atoms with Crippen molar-refractivity contribution in [3.8, 4) is 0 Å². The van der Waals surface area contributed by atoms with E-state index in [1.165, 1.54) is 17.8 Å². The Bertz CT molecular complexity index is 507. The van der Waals surface area contributed by atoms with Crippen molar-refractivity contribution in [1.29, 1.82) is 0 Å². The summed E-state index contributed by atoms with van der Waals surface area (Å²) in [6.07, 6.45) is 4.68. The normalized spacial score (nSPS) is 12.6. The summed E-state index contributed by atoms with van der Waals surface area (Å²) in [6, 6.07) is 8.70. The second-order valence-electron chi connectivity index (χ2n) is 4.84. The zero-order valence-corrected chi connectivity index (χ0v) is 11.8. The highest BCUT2D eigenvalue weighted by Gasteiger charge is 2.10. The van der Waals surface area contributed by atoms with Gasteiger partial charge in [0.05, 0.1) is 0 Å². The fourth-order valence-electron chi connectivity index (χ4n) is 2.19. The number of hydrogen-bond acceptors (Lipinski definition) is 1. The van der Waals surface area contributed by atoms with Crippen molar-refractivity contribution in [3.05, 3.63) is 53.6 Å². The molecule has 1 atom stereocenters. The molecule has 2 aromatic rings. The zero-order valence-electron chi connectivity index (χ0n) is 11.0. The molecule has 1 aromatic heterocycles. The molecule has 0 fully saturated rings. The van der Waals surface area contributed by atoms with Crippen LogP contribution in [0.3, 0.4) is 0 Å². The van der Waals surface area contributed by atoms with Crippen molar-refractivity contribution in [1.82, 2.24) is 9.78 Å². The lowest BCUT2D eigenvalue weighted by Gasteiger charge is -2.14. The molecule has 0 radical (unpaired) electrons. The predicted octanol–water partition coefficient (Wildman–Crippen LogP) is 3.59. The predicted molar refractivity (Wildman–Crippen MR) is 75.8 cm³/mol. The zero-order chi connectivity index (χ0) is 13.7. The fourth-order valence-corrected chi connectivity index (χ4v) is 2.45. The van der Waals surface area contributed by atoms with Gasteiger partial charge in [-0.05, 0) is 48.9 Å². The van der Waals surface area contributed by atoms with Crippen LogP contribution in [0, 0.1) is 11.7 Å². The van der Waals surface area contributed by atoms with E-state index in [1.807, 2.05) is 36.1 Å². The molecular weight excluding hydrogens is 263 g/mol. The Labute approximate surface area is 118 Å². The first-order valence-corrected chi connectivity index (χ1v) is 7.00. The molecule has 1 unspecified atom stereocenters. The Kier molecular flexibility index (Phi) is 4.97. The topological polar surface area (TPSA) is 17.8 Å². The lowest BCUT2D eigenvalue weighted by atomic mass is 9.95. The number of benzene rings is 1. The third-order valence-electron chi connectivity index (χ3n) is 3.39. The lowest BCUT2D eigenvalue weighted by molar-refractivity contribution is 0.522. The van der Waals surface area contributed by atoms with E-state index in [4.69, 9.17) is 11.6 Å². The van der Waals surface area contributed by atoms with Gasteiger partial charge in [0.15, 0.2) is 0 Å².